The van der Waals surface area contributed by atoms with E-state index in [0.717, 1.165) is 17.0 Å². The summed E-state index contributed by atoms with van der Waals surface area (Å²) in [6.07, 6.45) is 1.64. The van der Waals surface area contributed by atoms with Crippen molar-refractivity contribution in [3.05, 3.63) is 65.2 Å². The minimum atomic E-state index is -0.195. The van der Waals surface area contributed by atoms with Gasteiger partial charge in [-0.3, -0.25) is 14.4 Å². The summed E-state index contributed by atoms with van der Waals surface area (Å²) in [5.74, 6) is 0.622. The van der Waals surface area contributed by atoms with E-state index in [0.29, 0.717) is 12.2 Å². The Morgan fingerprint density at radius 2 is 2.00 bits per heavy atom. The molecule has 2 aromatic heterocycles. The lowest BCUT2D eigenvalue weighted by Crippen LogP contribution is -2.34. The van der Waals surface area contributed by atoms with E-state index in [2.05, 4.69) is 42.5 Å². The van der Waals surface area contributed by atoms with Crippen LogP contribution in [-0.4, -0.2) is 41.2 Å². The molecule has 6 heteroatoms. The van der Waals surface area contributed by atoms with Gasteiger partial charge < -0.3 is 9.73 Å². The highest BCUT2D eigenvalue weighted by atomic mass is 16.3. The first kappa shape index (κ1) is 18.9. The third-order valence-corrected chi connectivity index (χ3v) is 4.87. The monoisotopic (exact) mass is 366 g/mol. The first-order valence-corrected chi connectivity index (χ1v) is 8.96. The van der Waals surface area contributed by atoms with Gasteiger partial charge in [0.15, 0.2) is 5.69 Å². The largest absolute Gasteiger partial charge is 0.468 e. The van der Waals surface area contributed by atoms with E-state index in [1.807, 2.05) is 44.2 Å². The lowest BCUT2D eigenvalue weighted by atomic mass is 10.0. The van der Waals surface area contributed by atoms with Crippen LogP contribution in [-0.2, 0) is 7.05 Å². The molecule has 0 aliphatic rings. The summed E-state index contributed by atoms with van der Waals surface area (Å²) in [7, 11) is 5.77. The summed E-state index contributed by atoms with van der Waals surface area (Å²) >= 11 is 0. The van der Waals surface area contributed by atoms with Crippen LogP contribution in [0.4, 0.5) is 0 Å². The molecule has 0 bridgehead atoms. The van der Waals surface area contributed by atoms with Gasteiger partial charge in [-0.1, -0.05) is 12.1 Å². The minimum Gasteiger partial charge on any atom is -0.468 e. The van der Waals surface area contributed by atoms with Crippen LogP contribution in [0.3, 0.4) is 0 Å². The number of carbonyl (C=O) groups is 1. The summed E-state index contributed by atoms with van der Waals surface area (Å²) in [6, 6.07) is 11.8. The summed E-state index contributed by atoms with van der Waals surface area (Å²) < 4.78 is 7.23. The van der Waals surface area contributed by atoms with Gasteiger partial charge in [-0.2, -0.15) is 5.10 Å². The number of aromatic nitrogens is 2. The van der Waals surface area contributed by atoms with Crippen molar-refractivity contribution in [2.45, 2.75) is 19.9 Å². The minimum absolute atomic E-state index is 0.0353. The van der Waals surface area contributed by atoms with Gasteiger partial charge in [-0.25, -0.2) is 0 Å². The molecule has 0 fully saturated rings. The topological polar surface area (TPSA) is 63.3 Å². The molecule has 1 N–H and O–H groups in total. The predicted octanol–water partition coefficient (Wildman–Crippen LogP) is 3.33. The average Bonchev–Trinajstić information content (AvgIpc) is 3.27. The molecular formula is C21H26N4O2. The van der Waals surface area contributed by atoms with Gasteiger partial charge in [-0.05, 0) is 63.3 Å². The second-order valence-electron chi connectivity index (χ2n) is 7.04. The molecule has 2 heterocycles. The zero-order valence-corrected chi connectivity index (χ0v) is 16.5. The molecule has 1 atom stereocenters. The number of likely N-dealkylation sites (N-methyl/N-ethyl adjacent to an activating group) is 1. The maximum Gasteiger partial charge on any atom is 0.271 e. The highest BCUT2D eigenvalue weighted by Gasteiger charge is 2.20. The predicted molar refractivity (Wildman–Crippen MR) is 106 cm³/mol. The van der Waals surface area contributed by atoms with Crippen LogP contribution < -0.4 is 5.32 Å². The highest BCUT2D eigenvalue weighted by Crippen LogP contribution is 2.23. The number of amides is 1. The summed E-state index contributed by atoms with van der Waals surface area (Å²) in [5.41, 5.74) is 4.83. The molecule has 0 saturated heterocycles. The lowest BCUT2D eigenvalue weighted by molar-refractivity contribution is 0.0933. The SMILES string of the molecule is Cc1ccc(-c2cc(C(=O)NCC(c3ccco3)N(C)C)nn2C)cc1C. The Morgan fingerprint density at radius 1 is 1.22 bits per heavy atom. The molecule has 27 heavy (non-hydrogen) atoms. The van der Waals surface area contributed by atoms with E-state index in [1.54, 1.807) is 10.9 Å². The van der Waals surface area contributed by atoms with Gasteiger partial charge in [0.2, 0.25) is 0 Å². The third kappa shape index (κ3) is 4.11. The van der Waals surface area contributed by atoms with Crippen molar-refractivity contribution in [3.63, 3.8) is 0 Å². The molecule has 0 radical (unpaired) electrons. The van der Waals surface area contributed by atoms with Gasteiger partial charge in [0.25, 0.3) is 5.91 Å². The van der Waals surface area contributed by atoms with E-state index in [9.17, 15) is 4.79 Å². The maximum absolute atomic E-state index is 12.6. The number of benzene rings is 1. The summed E-state index contributed by atoms with van der Waals surface area (Å²) in [5, 5.41) is 7.36. The quantitative estimate of drug-likeness (QED) is 0.727. The Balaban J connectivity index is 1.75. The Bertz CT molecular complexity index is 926. The van der Waals surface area contributed by atoms with Crippen molar-refractivity contribution in [2.75, 3.05) is 20.6 Å². The fourth-order valence-corrected chi connectivity index (χ4v) is 3.05. The standard InChI is InChI=1S/C21H26N4O2/c1-14-8-9-16(11-15(14)2)18-12-17(23-25(18)5)21(26)22-13-19(24(3)4)20-7-6-10-27-20/h6-12,19H,13H2,1-5H3,(H,22,26). The Kier molecular flexibility index (Phi) is 5.46. The van der Waals surface area contributed by atoms with Crippen molar-refractivity contribution >= 4 is 5.91 Å². The molecular weight excluding hydrogens is 340 g/mol. The number of hydrogen-bond donors (Lipinski definition) is 1. The molecule has 0 aliphatic heterocycles. The summed E-state index contributed by atoms with van der Waals surface area (Å²) in [4.78, 5) is 14.6. The van der Waals surface area contributed by atoms with Crippen LogP contribution in [0.15, 0.2) is 47.1 Å². The first-order chi connectivity index (χ1) is 12.9. The molecule has 3 aromatic rings. The van der Waals surface area contributed by atoms with Gasteiger partial charge in [-0.15, -0.1) is 0 Å². The smallest absolute Gasteiger partial charge is 0.271 e. The molecule has 6 nitrogen and oxygen atoms in total. The number of carbonyl (C=O) groups excluding carboxylic acids is 1. The number of furan rings is 1. The van der Waals surface area contributed by atoms with Crippen LogP contribution in [0, 0.1) is 13.8 Å². The molecule has 1 unspecified atom stereocenters. The number of nitrogens with zero attached hydrogens (tertiary/aromatic N) is 3. The average molecular weight is 366 g/mol. The van der Waals surface area contributed by atoms with Crippen molar-refractivity contribution in [2.24, 2.45) is 7.05 Å². The number of hydrogen-bond acceptors (Lipinski definition) is 4. The molecule has 3 rings (SSSR count). The van der Waals surface area contributed by atoms with Crippen LogP contribution in [0.5, 0.6) is 0 Å². The van der Waals surface area contributed by atoms with Gasteiger partial charge in [0, 0.05) is 19.2 Å². The van der Waals surface area contributed by atoms with Crippen molar-refractivity contribution in [1.82, 2.24) is 20.0 Å². The van der Waals surface area contributed by atoms with Crippen LogP contribution in [0.25, 0.3) is 11.3 Å². The number of nitrogens with one attached hydrogen (secondary N) is 1. The highest BCUT2D eigenvalue weighted by molar-refractivity contribution is 5.93. The fraction of sp³-hybridized carbons (Fsp3) is 0.333. The molecule has 0 aliphatic carbocycles. The lowest BCUT2D eigenvalue weighted by Gasteiger charge is -2.22. The molecule has 1 aromatic carbocycles. The maximum atomic E-state index is 12.6. The first-order valence-electron chi connectivity index (χ1n) is 8.96. The second-order valence-corrected chi connectivity index (χ2v) is 7.04. The number of aryl methyl sites for hydroxylation is 3. The van der Waals surface area contributed by atoms with Gasteiger partial charge in [0.05, 0.1) is 18.0 Å². The Hall–Kier alpha value is -2.86. The number of rotatable bonds is 6. The normalized spacial score (nSPS) is 12.4. The van der Waals surface area contributed by atoms with E-state index in [4.69, 9.17) is 4.42 Å². The van der Waals surface area contributed by atoms with E-state index >= 15 is 0 Å². The van der Waals surface area contributed by atoms with Crippen LogP contribution >= 0.6 is 0 Å². The van der Waals surface area contributed by atoms with Gasteiger partial charge in [0.1, 0.15) is 5.76 Å². The Labute approximate surface area is 159 Å². The van der Waals surface area contributed by atoms with E-state index in [-0.39, 0.29) is 11.9 Å². The fourth-order valence-electron chi connectivity index (χ4n) is 3.05. The zero-order chi connectivity index (χ0) is 19.6. The molecule has 1 amide bonds. The van der Waals surface area contributed by atoms with Crippen molar-refractivity contribution in [1.29, 1.82) is 0 Å². The van der Waals surface area contributed by atoms with E-state index < -0.39 is 0 Å². The Morgan fingerprint density at radius 3 is 2.63 bits per heavy atom. The summed E-state index contributed by atoms with van der Waals surface area (Å²) in [6.45, 7) is 4.61. The molecule has 0 saturated carbocycles. The van der Waals surface area contributed by atoms with Crippen LogP contribution in [0.1, 0.15) is 33.4 Å². The van der Waals surface area contributed by atoms with Gasteiger partial charge >= 0.3 is 0 Å². The molecule has 0 spiro atoms. The second kappa shape index (κ2) is 7.80. The van der Waals surface area contributed by atoms with E-state index in [1.165, 1.54) is 11.1 Å². The molecule has 142 valence electrons. The van der Waals surface area contributed by atoms with Crippen molar-refractivity contribution in [3.8, 4) is 11.3 Å². The van der Waals surface area contributed by atoms with Crippen LogP contribution in [0.2, 0.25) is 0 Å². The van der Waals surface area contributed by atoms with Crippen molar-refractivity contribution < 1.29 is 9.21 Å². The zero-order valence-electron chi connectivity index (χ0n) is 16.5. The third-order valence-electron chi connectivity index (χ3n) is 4.87.